The largest absolute Gasteiger partial charge is 0.481 e. The molecular formula is C21H27NO3. The Morgan fingerprint density at radius 1 is 1.48 bits per heavy atom. The molecule has 134 valence electrons. The maximum atomic E-state index is 12.5. The summed E-state index contributed by atoms with van der Waals surface area (Å²) in [7, 11) is 0. The topological polar surface area (TPSA) is 49.8 Å². The predicted molar refractivity (Wildman–Crippen MR) is 97.1 cm³/mol. The van der Waals surface area contributed by atoms with Crippen molar-refractivity contribution < 1.29 is 14.6 Å². The SMILES string of the molecule is C=CCN(CCC)C1Cc2ccc(C)c3c2C2C(O3)C(=O)CC[C@]21O. The van der Waals surface area contributed by atoms with Crippen molar-refractivity contribution in [3.05, 3.63) is 41.5 Å². The van der Waals surface area contributed by atoms with E-state index in [4.69, 9.17) is 4.74 Å². The maximum absolute atomic E-state index is 12.5. The summed E-state index contributed by atoms with van der Waals surface area (Å²) in [4.78, 5) is 14.9. The molecule has 1 N–H and O–H groups in total. The molecule has 3 unspecified atom stereocenters. The van der Waals surface area contributed by atoms with Crippen LogP contribution in [0, 0.1) is 6.92 Å². The first-order valence-electron chi connectivity index (χ1n) is 9.40. The van der Waals surface area contributed by atoms with Crippen LogP contribution in [0.4, 0.5) is 0 Å². The van der Waals surface area contributed by atoms with Crippen LogP contribution in [0.2, 0.25) is 0 Å². The van der Waals surface area contributed by atoms with Gasteiger partial charge in [0.15, 0.2) is 11.9 Å². The van der Waals surface area contributed by atoms with E-state index in [1.165, 1.54) is 5.56 Å². The van der Waals surface area contributed by atoms with Crippen molar-refractivity contribution >= 4 is 5.78 Å². The van der Waals surface area contributed by atoms with Crippen molar-refractivity contribution in [1.82, 2.24) is 4.90 Å². The van der Waals surface area contributed by atoms with Crippen molar-refractivity contribution in [2.75, 3.05) is 13.1 Å². The summed E-state index contributed by atoms with van der Waals surface area (Å²) in [5, 5.41) is 11.8. The Hall–Kier alpha value is -1.65. The average molecular weight is 341 g/mol. The van der Waals surface area contributed by atoms with Crippen LogP contribution in [0.1, 0.15) is 48.8 Å². The van der Waals surface area contributed by atoms with Gasteiger partial charge in [-0.05, 0) is 43.9 Å². The standard InChI is InChI=1S/C21H27NO3/c1-4-10-22(11-5-2)16-12-14-7-6-13(3)19-17(14)18-20(25-19)15(23)8-9-21(16,18)24/h4,6-7,16,18,20,24H,1,5,8-12H2,2-3H3/t16?,18?,20?,21-/m1/s1. The molecular weight excluding hydrogens is 314 g/mol. The van der Waals surface area contributed by atoms with Crippen LogP contribution in [0.25, 0.3) is 0 Å². The van der Waals surface area contributed by atoms with E-state index in [1.54, 1.807) is 0 Å². The Balaban J connectivity index is 1.85. The maximum Gasteiger partial charge on any atom is 0.174 e. The lowest BCUT2D eigenvalue weighted by Gasteiger charge is -2.51. The minimum Gasteiger partial charge on any atom is -0.481 e. The van der Waals surface area contributed by atoms with E-state index in [0.29, 0.717) is 12.8 Å². The Kier molecular flexibility index (Phi) is 4.00. The van der Waals surface area contributed by atoms with E-state index in [-0.39, 0.29) is 17.7 Å². The first kappa shape index (κ1) is 16.8. The number of carbonyl (C=O) groups excluding carboxylic acids is 1. The molecule has 25 heavy (non-hydrogen) atoms. The number of carbonyl (C=O) groups is 1. The molecule has 2 aliphatic carbocycles. The van der Waals surface area contributed by atoms with Crippen molar-refractivity contribution in [3.8, 4) is 5.75 Å². The van der Waals surface area contributed by atoms with Crippen molar-refractivity contribution in [1.29, 1.82) is 0 Å². The third-order valence-electron chi connectivity index (χ3n) is 6.28. The number of ether oxygens (including phenoxy) is 1. The highest BCUT2D eigenvalue weighted by Crippen LogP contribution is 2.56. The first-order valence-corrected chi connectivity index (χ1v) is 9.40. The Labute approximate surface area is 149 Å². The number of nitrogens with zero attached hydrogens (tertiary/aromatic N) is 1. The van der Waals surface area contributed by atoms with Crippen LogP contribution in [0.3, 0.4) is 0 Å². The summed E-state index contributed by atoms with van der Waals surface area (Å²) in [5.74, 6) is 0.731. The molecule has 1 heterocycles. The van der Waals surface area contributed by atoms with Gasteiger partial charge in [-0.2, -0.15) is 0 Å². The fourth-order valence-electron chi connectivity index (χ4n) is 5.19. The molecule has 0 aromatic heterocycles. The predicted octanol–water partition coefficient (Wildman–Crippen LogP) is 2.76. The highest BCUT2D eigenvalue weighted by Gasteiger charge is 2.61. The third-order valence-corrected chi connectivity index (χ3v) is 6.28. The Bertz CT molecular complexity index is 728. The number of ketones is 1. The molecule has 1 saturated carbocycles. The smallest absolute Gasteiger partial charge is 0.174 e. The molecule has 0 bridgehead atoms. The lowest BCUT2D eigenvalue weighted by atomic mass is 9.61. The molecule has 0 saturated heterocycles. The van der Waals surface area contributed by atoms with E-state index in [0.717, 1.165) is 42.8 Å². The van der Waals surface area contributed by atoms with Crippen molar-refractivity contribution in [2.45, 2.75) is 63.2 Å². The zero-order valence-corrected chi connectivity index (χ0v) is 15.1. The fraction of sp³-hybridized carbons (Fsp3) is 0.571. The first-order chi connectivity index (χ1) is 12.0. The average Bonchev–Trinajstić information content (AvgIpc) is 3.01. The van der Waals surface area contributed by atoms with Crippen LogP contribution in [0.15, 0.2) is 24.8 Å². The van der Waals surface area contributed by atoms with E-state index >= 15 is 0 Å². The van der Waals surface area contributed by atoms with E-state index in [1.807, 2.05) is 13.0 Å². The zero-order chi connectivity index (χ0) is 17.8. The van der Waals surface area contributed by atoms with Crippen molar-refractivity contribution in [2.24, 2.45) is 0 Å². The normalized spacial score (nSPS) is 32.5. The molecule has 1 aromatic carbocycles. The second-order valence-corrected chi connectivity index (χ2v) is 7.76. The lowest BCUT2D eigenvalue weighted by molar-refractivity contribution is -0.147. The quantitative estimate of drug-likeness (QED) is 0.837. The number of hydrogen-bond donors (Lipinski definition) is 1. The van der Waals surface area contributed by atoms with Gasteiger partial charge in [-0.15, -0.1) is 6.58 Å². The van der Waals surface area contributed by atoms with Gasteiger partial charge in [0.2, 0.25) is 0 Å². The molecule has 1 fully saturated rings. The summed E-state index contributed by atoms with van der Waals surface area (Å²) < 4.78 is 6.11. The minimum absolute atomic E-state index is 0.00388. The van der Waals surface area contributed by atoms with Gasteiger partial charge in [0.05, 0.1) is 11.5 Å². The number of aryl methyl sites for hydroxylation is 1. The molecule has 1 aliphatic heterocycles. The second kappa shape index (κ2) is 5.96. The molecule has 4 rings (SSSR count). The van der Waals surface area contributed by atoms with Crippen LogP contribution >= 0.6 is 0 Å². The number of aliphatic hydroxyl groups is 1. The second-order valence-electron chi connectivity index (χ2n) is 7.76. The van der Waals surface area contributed by atoms with Gasteiger partial charge in [0.25, 0.3) is 0 Å². The monoisotopic (exact) mass is 341 g/mol. The van der Waals surface area contributed by atoms with Crippen LogP contribution in [0.5, 0.6) is 5.75 Å². The van der Waals surface area contributed by atoms with Gasteiger partial charge in [-0.1, -0.05) is 25.1 Å². The summed E-state index contributed by atoms with van der Waals surface area (Å²) in [6.45, 7) is 9.74. The van der Waals surface area contributed by atoms with Gasteiger partial charge >= 0.3 is 0 Å². The summed E-state index contributed by atoms with van der Waals surface area (Å²) in [6, 6.07) is 4.23. The summed E-state index contributed by atoms with van der Waals surface area (Å²) in [6.07, 6.45) is 4.12. The van der Waals surface area contributed by atoms with Crippen LogP contribution in [-0.2, 0) is 11.2 Å². The molecule has 0 spiro atoms. The van der Waals surface area contributed by atoms with Crippen molar-refractivity contribution in [3.63, 3.8) is 0 Å². The molecule has 4 nitrogen and oxygen atoms in total. The number of benzene rings is 1. The van der Waals surface area contributed by atoms with E-state index < -0.39 is 11.7 Å². The number of Topliss-reactive ketones (excluding diaryl/α,β-unsaturated/α-hetero) is 1. The lowest BCUT2D eigenvalue weighted by Crippen LogP contribution is -2.64. The Morgan fingerprint density at radius 3 is 3.00 bits per heavy atom. The molecule has 4 atom stereocenters. The molecule has 3 aliphatic rings. The van der Waals surface area contributed by atoms with Crippen LogP contribution < -0.4 is 4.74 Å². The Morgan fingerprint density at radius 2 is 2.28 bits per heavy atom. The van der Waals surface area contributed by atoms with Gasteiger partial charge < -0.3 is 9.84 Å². The fourth-order valence-corrected chi connectivity index (χ4v) is 5.19. The van der Waals surface area contributed by atoms with E-state index in [9.17, 15) is 9.90 Å². The number of hydrogen-bond acceptors (Lipinski definition) is 4. The highest BCUT2D eigenvalue weighted by atomic mass is 16.5. The summed E-state index contributed by atoms with van der Waals surface area (Å²) in [5.41, 5.74) is 2.45. The molecule has 0 amide bonds. The van der Waals surface area contributed by atoms with Gasteiger partial charge in [-0.25, -0.2) is 0 Å². The molecule has 1 aromatic rings. The number of rotatable bonds is 5. The van der Waals surface area contributed by atoms with Gasteiger partial charge in [0, 0.05) is 24.6 Å². The molecule has 0 radical (unpaired) electrons. The van der Waals surface area contributed by atoms with E-state index in [2.05, 4.69) is 30.5 Å². The minimum atomic E-state index is -0.914. The van der Waals surface area contributed by atoms with Crippen LogP contribution in [-0.4, -0.2) is 46.6 Å². The third kappa shape index (κ3) is 2.31. The highest BCUT2D eigenvalue weighted by molar-refractivity contribution is 5.88. The van der Waals surface area contributed by atoms with Gasteiger partial charge in [0.1, 0.15) is 5.75 Å². The zero-order valence-electron chi connectivity index (χ0n) is 15.1. The molecule has 4 heteroatoms. The van der Waals surface area contributed by atoms with Gasteiger partial charge in [-0.3, -0.25) is 9.69 Å². The summed E-state index contributed by atoms with van der Waals surface area (Å²) >= 11 is 0.